The summed E-state index contributed by atoms with van der Waals surface area (Å²) in [7, 11) is 0. The standard InChI is InChI=1S/C17H28N2O4/c1-12-14(20)19(13-5-6-13)11-17(22-12)7-9-18(10-8-17)15(21)23-16(2,3)4/h12-13H,5-11H2,1-4H3/t12-/m0/s1. The number of rotatable bonds is 1. The van der Waals surface area contributed by atoms with Gasteiger partial charge in [0.15, 0.2) is 0 Å². The Kier molecular flexibility index (Phi) is 4.07. The van der Waals surface area contributed by atoms with Gasteiger partial charge in [0.25, 0.3) is 5.91 Å². The minimum atomic E-state index is -0.475. The molecular formula is C17H28N2O4. The first kappa shape index (κ1) is 16.6. The lowest BCUT2D eigenvalue weighted by Crippen LogP contribution is -2.62. The summed E-state index contributed by atoms with van der Waals surface area (Å²) >= 11 is 0. The zero-order valence-corrected chi connectivity index (χ0v) is 14.6. The van der Waals surface area contributed by atoms with Gasteiger partial charge < -0.3 is 19.3 Å². The number of hydrogen-bond donors (Lipinski definition) is 0. The van der Waals surface area contributed by atoms with E-state index in [1.54, 1.807) is 4.90 Å². The fraction of sp³-hybridized carbons (Fsp3) is 0.882. The Balaban J connectivity index is 1.61. The normalized spacial score (nSPS) is 28.2. The lowest BCUT2D eigenvalue weighted by atomic mass is 9.88. The lowest BCUT2D eigenvalue weighted by molar-refractivity contribution is -0.190. The van der Waals surface area contributed by atoms with E-state index in [9.17, 15) is 9.59 Å². The van der Waals surface area contributed by atoms with Crippen LogP contribution in [0.2, 0.25) is 0 Å². The molecule has 2 heterocycles. The third kappa shape index (κ3) is 3.62. The molecule has 0 aromatic rings. The Morgan fingerprint density at radius 3 is 2.39 bits per heavy atom. The van der Waals surface area contributed by atoms with Crippen molar-refractivity contribution in [1.29, 1.82) is 0 Å². The van der Waals surface area contributed by atoms with Crippen molar-refractivity contribution < 1.29 is 19.1 Å². The number of morpholine rings is 1. The summed E-state index contributed by atoms with van der Waals surface area (Å²) in [6.07, 6.45) is 3.10. The molecule has 0 aromatic heterocycles. The van der Waals surface area contributed by atoms with E-state index in [0.717, 1.165) is 25.7 Å². The van der Waals surface area contributed by atoms with Crippen LogP contribution >= 0.6 is 0 Å². The van der Waals surface area contributed by atoms with Crippen molar-refractivity contribution in [2.24, 2.45) is 0 Å². The van der Waals surface area contributed by atoms with E-state index in [-0.39, 0.29) is 23.7 Å². The second-order valence-corrected chi connectivity index (χ2v) is 8.11. The molecule has 2 saturated heterocycles. The Labute approximate surface area is 138 Å². The van der Waals surface area contributed by atoms with Crippen LogP contribution in [0.25, 0.3) is 0 Å². The second kappa shape index (κ2) is 5.65. The maximum Gasteiger partial charge on any atom is 0.410 e. The van der Waals surface area contributed by atoms with Crippen molar-refractivity contribution in [2.45, 2.75) is 76.7 Å². The van der Waals surface area contributed by atoms with Gasteiger partial charge in [-0.2, -0.15) is 0 Å². The summed E-state index contributed by atoms with van der Waals surface area (Å²) in [6.45, 7) is 9.38. The molecule has 1 spiro atoms. The van der Waals surface area contributed by atoms with E-state index in [0.29, 0.717) is 25.7 Å². The maximum atomic E-state index is 12.3. The minimum absolute atomic E-state index is 0.118. The number of likely N-dealkylation sites (tertiary alicyclic amines) is 1. The van der Waals surface area contributed by atoms with Crippen LogP contribution in [0.15, 0.2) is 0 Å². The Morgan fingerprint density at radius 2 is 1.87 bits per heavy atom. The first-order valence-corrected chi connectivity index (χ1v) is 8.65. The van der Waals surface area contributed by atoms with E-state index in [2.05, 4.69) is 0 Å². The van der Waals surface area contributed by atoms with Crippen LogP contribution in [0.4, 0.5) is 4.79 Å². The highest BCUT2D eigenvalue weighted by atomic mass is 16.6. The van der Waals surface area contributed by atoms with Crippen molar-refractivity contribution in [3.8, 4) is 0 Å². The van der Waals surface area contributed by atoms with Gasteiger partial charge in [-0.25, -0.2) is 4.79 Å². The molecule has 6 nitrogen and oxygen atoms in total. The monoisotopic (exact) mass is 324 g/mol. The van der Waals surface area contributed by atoms with E-state index in [1.807, 2.05) is 32.6 Å². The van der Waals surface area contributed by atoms with Crippen molar-refractivity contribution in [1.82, 2.24) is 9.80 Å². The molecular weight excluding hydrogens is 296 g/mol. The van der Waals surface area contributed by atoms with Crippen LogP contribution in [0.3, 0.4) is 0 Å². The molecule has 0 radical (unpaired) electrons. The van der Waals surface area contributed by atoms with Crippen LogP contribution in [-0.2, 0) is 14.3 Å². The van der Waals surface area contributed by atoms with Crippen LogP contribution in [0.5, 0.6) is 0 Å². The van der Waals surface area contributed by atoms with Gasteiger partial charge in [0, 0.05) is 19.1 Å². The molecule has 1 aliphatic carbocycles. The lowest BCUT2D eigenvalue weighted by Gasteiger charge is -2.49. The minimum Gasteiger partial charge on any atom is -0.444 e. The van der Waals surface area contributed by atoms with Crippen molar-refractivity contribution in [3.05, 3.63) is 0 Å². The number of nitrogens with zero attached hydrogens (tertiary/aromatic N) is 2. The first-order chi connectivity index (χ1) is 10.7. The molecule has 23 heavy (non-hydrogen) atoms. The van der Waals surface area contributed by atoms with E-state index < -0.39 is 5.60 Å². The number of ether oxygens (including phenoxy) is 2. The summed E-state index contributed by atoms with van der Waals surface area (Å²) < 4.78 is 11.5. The van der Waals surface area contributed by atoms with Crippen molar-refractivity contribution >= 4 is 12.0 Å². The Bertz CT molecular complexity index is 487. The molecule has 1 atom stereocenters. The Hall–Kier alpha value is -1.30. The van der Waals surface area contributed by atoms with Crippen LogP contribution in [-0.4, -0.2) is 64.8 Å². The molecule has 130 valence electrons. The predicted octanol–water partition coefficient (Wildman–Crippen LogP) is 2.17. The zero-order valence-electron chi connectivity index (χ0n) is 14.6. The van der Waals surface area contributed by atoms with Crippen molar-refractivity contribution in [3.63, 3.8) is 0 Å². The number of piperidine rings is 1. The third-order valence-corrected chi connectivity index (χ3v) is 4.83. The van der Waals surface area contributed by atoms with Gasteiger partial charge in [0.2, 0.25) is 0 Å². The van der Waals surface area contributed by atoms with Gasteiger partial charge in [-0.1, -0.05) is 0 Å². The van der Waals surface area contributed by atoms with Crippen LogP contribution in [0, 0.1) is 0 Å². The van der Waals surface area contributed by atoms with Gasteiger partial charge >= 0.3 is 6.09 Å². The number of hydrogen-bond acceptors (Lipinski definition) is 4. The topological polar surface area (TPSA) is 59.1 Å². The van der Waals surface area contributed by atoms with Gasteiger partial charge in [0.1, 0.15) is 11.7 Å². The highest BCUT2D eigenvalue weighted by molar-refractivity contribution is 5.82. The van der Waals surface area contributed by atoms with Crippen LogP contribution < -0.4 is 0 Å². The Morgan fingerprint density at radius 1 is 1.26 bits per heavy atom. The summed E-state index contributed by atoms with van der Waals surface area (Å²) in [4.78, 5) is 28.2. The molecule has 2 aliphatic heterocycles. The van der Waals surface area contributed by atoms with E-state index in [4.69, 9.17) is 9.47 Å². The average Bonchev–Trinajstić information content (AvgIpc) is 3.26. The predicted molar refractivity (Wildman–Crippen MR) is 85.1 cm³/mol. The first-order valence-electron chi connectivity index (χ1n) is 8.65. The molecule has 3 fully saturated rings. The molecule has 3 rings (SSSR count). The summed E-state index contributed by atoms with van der Waals surface area (Å²) in [5.41, 5.74) is -0.772. The molecule has 0 aromatic carbocycles. The average molecular weight is 324 g/mol. The molecule has 0 bridgehead atoms. The second-order valence-electron chi connectivity index (χ2n) is 8.11. The molecule has 1 saturated carbocycles. The van der Waals surface area contributed by atoms with Gasteiger partial charge in [-0.3, -0.25) is 4.79 Å². The number of amides is 2. The van der Waals surface area contributed by atoms with Gasteiger partial charge in [0.05, 0.1) is 12.1 Å². The molecule has 0 unspecified atom stereocenters. The molecule has 2 amide bonds. The van der Waals surface area contributed by atoms with E-state index >= 15 is 0 Å². The maximum absolute atomic E-state index is 12.3. The fourth-order valence-corrected chi connectivity index (χ4v) is 3.48. The van der Waals surface area contributed by atoms with Crippen LogP contribution in [0.1, 0.15) is 53.4 Å². The summed E-state index contributed by atoms with van der Waals surface area (Å²) in [5, 5.41) is 0. The van der Waals surface area contributed by atoms with E-state index in [1.165, 1.54) is 0 Å². The quantitative estimate of drug-likeness (QED) is 0.742. The zero-order chi connectivity index (χ0) is 16.8. The number of carbonyl (C=O) groups excluding carboxylic acids is 2. The highest BCUT2D eigenvalue weighted by Gasteiger charge is 2.49. The largest absolute Gasteiger partial charge is 0.444 e. The van der Waals surface area contributed by atoms with Gasteiger partial charge in [-0.15, -0.1) is 0 Å². The number of carbonyl (C=O) groups is 2. The highest BCUT2D eigenvalue weighted by Crippen LogP contribution is 2.38. The summed E-state index contributed by atoms with van der Waals surface area (Å²) in [5.74, 6) is 0.118. The van der Waals surface area contributed by atoms with Gasteiger partial charge in [-0.05, 0) is 53.4 Å². The summed E-state index contributed by atoms with van der Waals surface area (Å²) in [6, 6.07) is 0.412. The molecule has 0 N–H and O–H groups in total. The molecule has 6 heteroatoms. The van der Waals surface area contributed by atoms with Crippen molar-refractivity contribution in [2.75, 3.05) is 19.6 Å². The fourth-order valence-electron chi connectivity index (χ4n) is 3.48. The third-order valence-electron chi connectivity index (χ3n) is 4.83. The SMILES string of the molecule is C[C@@H]1OC2(CCN(C(=O)OC(C)(C)C)CC2)CN(C2CC2)C1=O. The molecule has 3 aliphatic rings. The smallest absolute Gasteiger partial charge is 0.410 e.